The van der Waals surface area contributed by atoms with E-state index in [-0.39, 0.29) is 0 Å². The molecule has 2 aromatic carbocycles. The van der Waals surface area contributed by atoms with Crippen LogP contribution in [0.2, 0.25) is 5.02 Å². The molecular formula is C17H14BrClN4O. The molecule has 122 valence electrons. The minimum Gasteiger partial charge on any atom is -0.437 e. The van der Waals surface area contributed by atoms with Gasteiger partial charge < -0.3 is 15.8 Å². The van der Waals surface area contributed by atoms with Gasteiger partial charge >= 0.3 is 0 Å². The predicted octanol–water partition coefficient (Wildman–Crippen LogP) is 5.32. The Kier molecular flexibility index (Phi) is 4.87. The molecule has 0 fully saturated rings. The minimum absolute atomic E-state index is 0.293. The Balaban J connectivity index is 1.86. The standard InChI is InChI=1S/C17H14BrClN4O/c1-10-8-12(19)4-7-14(10)23-16-15(20)17(22-9-21-16)24-13-5-2-11(18)3-6-13/h2-9H,20H2,1H3,(H,21,22,23). The van der Waals surface area contributed by atoms with Crippen molar-refractivity contribution in [3.63, 3.8) is 0 Å². The molecule has 3 N–H and O–H groups in total. The van der Waals surface area contributed by atoms with Crippen LogP contribution in [-0.4, -0.2) is 9.97 Å². The highest BCUT2D eigenvalue weighted by atomic mass is 79.9. The number of benzene rings is 2. The maximum atomic E-state index is 6.14. The van der Waals surface area contributed by atoms with Gasteiger partial charge in [0.25, 0.3) is 0 Å². The fraction of sp³-hybridized carbons (Fsp3) is 0.0588. The number of hydrogen-bond acceptors (Lipinski definition) is 5. The molecule has 0 aliphatic carbocycles. The second-order valence-corrected chi connectivity index (χ2v) is 6.43. The monoisotopic (exact) mass is 404 g/mol. The molecule has 0 atom stereocenters. The number of rotatable bonds is 4. The van der Waals surface area contributed by atoms with Gasteiger partial charge in [0.1, 0.15) is 17.8 Å². The van der Waals surface area contributed by atoms with Gasteiger partial charge in [-0.1, -0.05) is 27.5 Å². The topological polar surface area (TPSA) is 73.1 Å². The van der Waals surface area contributed by atoms with Crippen molar-refractivity contribution < 1.29 is 4.74 Å². The van der Waals surface area contributed by atoms with Crippen LogP contribution in [0.5, 0.6) is 11.6 Å². The van der Waals surface area contributed by atoms with E-state index >= 15 is 0 Å². The summed E-state index contributed by atoms with van der Waals surface area (Å²) >= 11 is 9.36. The highest BCUT2D eigenvalue weighted by molar-refractivity contribution is 9.10. The van der Waals surface area contributed by atoms with Crippen LogP contribution >= 0.6 is 27.5 Å². The first-order valence-electron chi connectivity index (χ1n) is 7.10. The Labute approximate surface area is 153 Å². The Morgan fingerprint density at radius 3 is 2.58 bits per heavy atom. The molecule has 0 aliphatic heterocycles. The molecule has 0 saturated carbocycles. The van der Waals surface area contributed by atoms with E-state index in [0.717, 1.165) is 15.7 Å². The number of hydrogen-bond donors (Lipinski definition) is 2. The van der Waals surface area contributed by atoms with Gasteiger partial charge in [0.05, 0.1) is 0 Å². The Morgan fingerprint density at radius 1 is 1.12 bits per heavy atom. The molecule has 1 heterocycles. The third-order valence-electron chi connectivity index (χ3n) is 3.32. The fourth-order valence-electron chi connectivity index (χ4n) is 2.07. The normalized spacial score (nSPS) is 10.5. The van der Waals surface area contributed by atoms with Crippen LogP contribution in [0.25, 0.3) is 0 Å². The van der Waals surface area contributed by atoms with E-state index in [1.165, 1.54) is 6.33 Å². The lowest BCUT2D eigenvalue weighted by Gasteiger charge is -2.13. The van der Waals surface area contributed by atoms with E-state index in [0.29, 0.717) is 28.2 Å². The Bertz CT molecular complexity index is 871. The second-order valence-electron chi connectivity index (χ2n) is 5.08. The number of nitrogens with two attached hydrogens (primary N) is 1. The zero-order chi connectivity index (χ0) is 17.1. The summed E-state index contributed by atoms with van der Waals surface area (Å²) in [4.78, 5) is 8.29. The molecule has 3 aromatic rings. The molecule has 1 aromatic heterocycles. The molecule has 0 bridgehead atoms. The van der Waals surface area contributed by atoms with Gasteiger partial charge in [-0.15, -0.1) is 0 Å². The highest BCUT2D eigenvalue weighted by Gasteiger charge is 2.11. The van der Waals surface area contributed by atoms with Gasteiger partial charge in [-0.05, 0) is 55.0 Å². The lowest BCUT2D eigenvalue weighted by atomic mass is 10.2. The zero-order valence-electron chi connectivity index (χ0n) is 12.8. The van der Waals surface area contributed by atoms with Gasteiger partial charge in [-0.2, -0.15) is 4.98 Å². The van der Waals surface area contributed by atoms with E-state index in [1.54, 1.807) is 6.07 Å². The summed E-state index contributed by atoms with van der Waals surface area (Å²) < 4.78 is 6.70. The maximum Gasteiger partial charge on any atom is 0.248 e. The summed E-state index contributed by atoms with van der Waals surface area (Å²) in [6, 6.07) is 12.9. The first kappa shape index (κ1) is 16.5. The third-order valence-corrected chi connectivity index (χ3v) is 4.08. The first-order valence-corrected chi connectivity index (χ1v) is 8.27. The summed E-state index contributed by atoms with van der Waals surface area (Å²) in [5, 5.41) is 3.85. The van der Waals surface area contributed by atoms with Crippen LogP contribution in [0, 0.1) is 6.92 Å². The molecule has 0 unspecified atom stereocenters. The number of nitrogens with zero attached hydrogens (tertiary/aromatic N) is 2. The van der Waals surface area contributed by atoms with Crippen molar-refractivity contribution in [2.24, 2.45) is 0 Å². The molecule has 0 aliphatic rings. The van der Waals surface area contributed by atoms with Crippen LogP contribution in [0.3, 0.4) is 0 Å². The van der Waals surface area contributed by atoms with E-state index in [1.807, 2.05) is 43.3 Å². The summed E-state index contributed by atoms with van der Waals surface area (Å²) in [5.41, 5.74) is 8.31. The second kappa shape index (κ2) is 7.07. The lowest BCUT2D eigenvalue weighted by molar-refractivity contribution is 0.464. The smallest absolute Gasteiger partial charge is 0.248 e. The Morgan fingerprint density at radius 2 is 1.88 bits per heavy atom. The van der Waals surface area contributed by atoms with Crippen LogP contribution in [0.4, 0.5) is 17.2 Å². The van der Waals surface area contributed by atoms with Crippen molar-refractivity contribution in [3.05, 3.63) is 63.9 Å². The average molecular weight is 406 g/mol. The summed E-state index contributed by atoms with van der Waals surface area (Å²) in [6.45, 7) is 1.95. The van der Waals surface area contributed by atoms with E-state index in [2.05, 4.69) is 31.2 Å². The predicted molar refractivity (Wildman–Crippen MR) is 100 cm³/mol. The number of anilines is 3. The highest BCUT2D eigenvalue weighted by Crippen LogP contribution is 2.32. The van der Waals surface area contributed by atoms with E-state index < -0.39 is 0 Å². The SMILES string of the molecule is Cc1cc(Cl)ccc1Nc1ncnc(Oc2ccc(Br)cc2)c1N. The molecule has 3 rings (SSSR count). The van der Waals surface area contributed by atoms with Crippen molar-refractivity contribution in [2.45, 2.75) is 6.92 Å². The Hall–Kier alpha value is -2.31. The zero-order valence-corrected chi connectivity index (χ0v) is 15.1. The van der Waals surface area contributed by atoms with Gasteiger partial charge in [0.2, 0.25) is 5.88 Å². The van der Waals surface area contributed by atoms with Crippen molar-refractivity contribution in [2.75, 3.05) is 11.1 Å². The largest absolute Gasteiger partial charge is 0.437 e. The van der Waals surface area contributed by atoms with Crippen molar-refractivity contribution in [1.29, 1.82) is 0 Å². The molecule has 5 nitrogen and oxygen atoms in total. The number of nitrogens with one attached hydrogen (secondary N) is 1. The van der Waals surface area contributed by atoms with Gasteiger partial charge in [-0.25, -0.2) is 4.98 Å². The van der Waals surface area contributed by atoms with Crippen molar-refractivity contribution >= 4 is 44.7 Å². The number of ether oxygens (including phenoxy) is 1. The maximum absolute atomic E-state index is 6.14. The summed E-state index contributed by atoms with van der Waals surface area (Å²) in [6.07, 6.45) is 1.40. The van der Waals surface area contributed by atoms with Crippen molar-refractivity contribution in [3.8, 4) is 11.6 Å². The summed E-state index contributed by atoms with van der Waals surface area (Å²) in [5.74, 6) is 1.40. The van der Waals surface area contributed by atoms with Crippen LogP contribution < -0.4 is 15.8 Å². The molecule has 0 saturated heterocycles. The number of aryl methyl sites for hydroxylation is 1. The molecule has 0 amide bonds. The number of halogens is 2. The number of aromatic nitrogens is 2. The van der Waals surface area contributed by atoms with Crippen LogP contribution in [0.1, 0.15) is 5.56 Å². The molecule has 24 heavy (non-hydrogen) atoms. The fourth-order valence-corrected chi connectivity index (χ4v) is 2.56. The first-order chi connectivity index (χ1) is 11.5. The lowest BCUT2D eigenvalue weighted by Crippen LogP contribution is -2.03. The third kappa shape index (κ3) is 3.77. The van der Waals surface area contributed by atoms with Crippen molar-refractivity contribution in [1.82, 2.24) is 9.97 Å². The minimum atomic E-state index is 0.293. The van der Waals surface area contributed by atoms with Gasteiger partial charge in [-0.3, -0.25) is 0 Å². The van der Waals surface area contributed by atoms with Gasteiger partial charge in [0, 0.05) is 15.2 Å². The molecule has 7 heteroatoms. The molecule has 0 spiro atoms. The summed E-state index contributed by atoms with van der Waals surface area (Å²) in [7, 11) is 0. The van der Waals surface area contributed by atoms with E-state index in [9.17, 15) is 0 Å². The molecular weight excluding hydrogens is 392 g/mol. The number of nitrogen functional groups attached to an aromatic ring is 1. The van der Waals surface area contributed by atoms with Crippen LogP contribution in [-0.2, 0) is 0 Å². The average Bonchev–Trinajstić information content (AvgIpc) is 2.55. The quantitative estimate of drug-likeness (QED) is 0.614. The van der Waals surface area contributed by atoms with Gasteiger partial charge in [0.15, 0.2) is 5.82 Å². The van der Waals surface area contributed by atoms with E-state index in [4.69, 9.17) is 22.1 Å². The molecule has 0 radical (unpaired) electrons. The van der Waals surface area contributed by atoms with Crippen LogP contribution in [0.15, 0.2) is 53.3 Å².